The van der Waals surface area contributed by atoms with E-state index in [9.17, 15) is 8.42 Å². The highest BCUT2D eigenvalue weighted by Crippen LogP contribution is 2.12. The standard InChI is InChI=1S/C13H14N2O3S/c1-11(13-9-6-10-15(13)2)14-18-19(16,17)12-7-4-3-5-8-12/h3-10H,1-2H3. The summed E-state index contributed by atoms with van der Waals surface area (Å²) in [6, 6.07) is 11.6. The molecule has 2 aromatic rings. The van der Waals surface area contributed by atoms with Crippen LogP contribution in [0.3, 0.4) is 0 Å². The molecule has 1 aromatic heterocycles. The molecular weight excluding hydrogens is 264 g/mol. The molecule has 19 heavy (non-hydrogen) atoms. The predicted octanol–water partition coefficient (Wildman–Crippen LogP) is 2.15. The monoisotopic (exact) mass is 278 g/mol. The topological polar surface area (TPSA) is 60.7 Å². The van der Waals surface area contributed by atoms with Crippen molar-refractivity contribution in [2.24, 2.45) is 12.2 Å². The zero-order valence-electron chi connectivity index (χ0n) is 10.6. The Morgan fingerprint density at radius 3 is 2.42 bits per heavy atom. The van der Waals surface area contributed by atoms with Crippen molar-refractivity contribution in [1.82, 2.24) is 4.57 Å². The number of aryl methyl sites for hydroxylation is 1. The average molecular weight is 278 g/mol. The van der Waals surface area contributed by atoms with Crippen molar-refractivity contribution in [2.45, 2.75) is 11.8 Å². The Morgan fingerprint density at radius 1 is 1.16 bits per heavy atom. The quantitative estimate of drug-likeness (QED) is 0.636. The second kappa shape index (κ2) is 5.27. The van der Waals surface area contributed by atoms with Crippen LogP contribution < -0.4 is 0 Å². The number of nitrogens with zero attached hydrogens (tertiary/aromatic N) is 2. The Morgan fingerprint density at radius 2 is 1.84 bits per heavy atom. The first kappa shape index (κ1) is 13.4. The first-order chi connectivity index (χ1) is 9.00. The maximum Gasteiger partial charge on any atom is 0.358 e. The third-order valence-electron chi connectivity index (χ3n) is 2.62. The molecule has 0 saturated carbocycles. The summed E-state index contributed by atoms with van der Waals surface area (Å²) in [6.45, 7) is 1.69. The molecule has 0 spiro atoms. The highest BCUT2D eigenvalue weighted by Gasteiger charge is 2.15. The van der Waals surface area contributed by atoms with E-state index in [4.69, 9.17) is 4.28 Å². The number of rotatable bonds is 4. The Bertz CT molecular complexity index is 688. The van der Waals surface area contributed by atoms with Crippen molar-refractivity contribution in [3.05, 3.63) is 54.4 Å². The summed E-state index contributed by atoms with van der Waals surface area (Å²) in [5.74, 6) is 0. The van der Waals surface area contributed by atoms with Gasteiger partial charge in [0, 0.05) is 13.2 Å². The van der Waals surface area contributed by atoms with Gasteiger partial charge in [-0.3, -0.25) is 4.28 Å². The van der Waals surface area contributed by atoms with Gasteiger partial charge < -0.3 is 4.57 Å². The van der Waals surface area contributed by atoms with Crippen molar-refractivity contribution in [2.75, 3.05) is 0 Å². The molecular formula is C13H14N2O3S. The van der Waals surface area contributed by atoms with Gasteiger partial charge in [-0.25, -0.2) is 0 Å². The first-order valence-electron chi connectivity index (χ1n) is 5.66. The summed E-state index contributed by atoms with van der Waals surface area (Å²) < 4.78 is 30.2. The molecule has 0 saturated heterocycles. The van der Waals surface area contributed by atoms with Crippen molar-refractivity contribution >= 4 is 15.8 Å². The van der Waals surface area contributed by atoms with Crippen LogP contribution in [0.5, 0.6) is 0 Å². The predicted molar refractivity (Wildman–Crippen MR) is 72.3 cm³/mol. The summed E-state index contributed by atoms with van der Waals surface area (Å²) in [4.78, 5) is 0.0819. The van der Waals surface area contributed by atoms with E-state index in [1.54, 1.807) is 25.1 Å². The third kappa shape index (κ3) is 3.03. The minimum absolute atomic E-state index is 0.0819. The number of hydrogen-bond acceptors (Lipinski definition) is 4. The normalized spacial score (nSPS) is 12.4. The average Bonchev–Trinajstić information content (AvgIpc) is 2.83. The minimum atomic E-state index is -3.86. The summed E-state index contributed by atoms with van der Waals surface area (Å²) in [5, 5.41) is 3.68. The van der Waals surface area contributed by atoms with Crippen LogP contribution in [0.1, 0.15) is 12.6 Å². The molecule has 0 aliphatic heterocycles. The lowest BCUT2D eigenvalue weighted by Crippen LogP contribution is -2.07. The summed E-state index contributed by atoms with van der Waals surface area (Å²) in [5.41, 5.74) is 1.29. The Kier molecular flexibility index (Phi) is 3.71. The lowest BCUT2D eigenvalue weighted by molar-refractivity contribution is 0.338. The molecule has 5 nitrogen and oxygen atoms in total. The zero-order valence-corrected chi connectivity index (χ0v) is 11.5. The van der Waals surface area contributed by atoms with E-state index in [-0.39, 0.29) is 4.90 Å². The fraction of sp³-hybridized carbons (Fsp3) is 0.154. The molecule has 1 heterocycles. The van der Waals surface area contributed by atoms with E-state index in [0.29, 0.717) is 5.71 Å². The highest BCUT2D eigenvalue weighted by molar-refractivity contribution is 7.86. The molecule has 0 fully saturated rings. The van der Waals surface area contributed by atoms with Crippen molar-refractivity contribution in [3.8, 4) is 0 Å². The zero-order chi connectivity index (χ0) is 13.9. The van der Waals surface area contributed by atoms with Crippen molar-refractivity contribution in [1.29, 1.82) is 0 Å². The highest BCUT2D eigenvalue weighted by atomic mass is 32.2. The summed E-state index contributed by atoms with van der Waals surface area (Å²) in [6.07, 6.45) is 1.85. The van der Waals surface area contributed by atoms with E-state index >= 15 is 0 Å². The Hall–Kier alpha value is -2.08. The van der Waals surface area contributed by atoms with E-state index in [0.717, 1.165) is 5.69 Å². The smallest absolute Gasteiger partial charge is 0.349 e. The number of hydrogen-bond donors (Lipinski definition) is 0. The molecule has 100 valence electrons. The van der Waals surface area contributed by atoms with Gasteiger partial charge in [0.2, 0.25) is 0 Å². The van der Waals surface area contributed by atoms with Gasteiger partial charge in [-0.2, -0.15) is 8.42 Å². The van der Waals surface area contributed by atoms with Gasteiger partial charge in [0.15, 0.2) is 0 Å². The molecule has 0 aliphatic carbocycles. The van der Waals surface area contributed by atoms with Gasteiger partial charge in [-0.05, 0) is 31.2 Å². The third-order valence-corrected chi connectivity index (χ3v) is 3.74. The van der Waals surface area contributed by atoms with Crippen LogP contribution in [0.25, 0.3) is 0 Å². The maximum absolute atomic E-state index is 11.9. The number of oxime groups is 1. The fourth-order valence-electron chi connectivity index (χ4n) is 1.62. The molecule has 0 amide bonds. The second-order valence-electron chi connectivity index (χ2n) is 4.02. The van der Waals surface area contributed by atoms with Gasteiger partial charge >= 0.3 is 10.1 Å². The van der Waals surface area contributed by atoms with Crippen LogP contribution in [-0.2, 0) is 21.4 Å². The van der Waals surface area contributed by atoms with Gasteiger partial charge in [0.1, 0.15) is 10.6 Å². The van der Waals surface area contributed by atoms with E-state index in [1.165, 1.54) is 12.1 Å². The summed E-state index contributed by atoms with van der Waals surface area (Å²) in [7, 11) is -2.01. The van der Waals surface area contributed by atoms with Crippen LogP contribution in [0.4, 0.5) is 0 Å². The fourth-order valence-corrected chi connectivity index (χ4v) is 2.41. The van der Waals surface area contributed by atoms with Gasteiger partial charge in [0.25, 0.3) is 0 Å². The molecule has 0 radical (unpaired) electrons. The SMILES string of the molecule is CC(=NOS(=O)(=O)c1ccccc1)c1cccn1C. The van der Waals surface area contributed by atoms with E-state index < -0.39 is 10.1 Å². The Balaban J connectivity index is 2.21. The minimum Gasteiger partial charge on any atom is -0.349 e. The van der Waals surface area contributed by atoms with E-state index in [2.05, 4.69) is 5.16 Å². The summed E-state index contributed by atoms with van der Waals surface area (Å²) >= 11 is 0. The van der Waals surface area contributed by atoms with E-state index in [1.807, 2.05) is 29.9 Å². The van der Waals surface area contributed by atoms with Crippen molar-refractivity contribution < 1.29 is 12.7 Å². The molecule has 0 bridgehead atoms. The largest absolute Gasteiger partial charge is 0.358 e. The maximum atomic E-state index is 11.9. The first-order valence-corrected chi connectivity index (χ1v) is 7.06. The van der Waals surface area contributed by atoms with Crippen molar-refractivity contribution in [3.63, 3.8) is 0 Å². The molecule has 6 heteroatoms. The molecule has 0 atom stereocenters. The number of aromatic nitrogens is 1. The van der Waals surface area contributed by atoms with Crippen LogP contribution in [0.15, 0.2) is 58.7 Å². The lowest BCUT2D eigenvalue weighted by atomic mass is 10.3. The molecule has 2 rings (SSSR count). The van der Waals surface area contributed by atoms with Gasteiger partial charge in [0.05, 0.1) is 5.69 Å². The van der Waals surface area contributed by atoms with Crippen LogP contribution in [0, 0.1) is 0 Å². The van der Waals surface area contributed by atoms with Crippen LogP contribution in [-0.4, -0.2) is 18.7 Å². The molecule has 0 unspecified atom stereocenters. The molecule has 0 N–H and O–H groups in total. The Labute approximate surface area is 112 Å². The van der Waals surface area contributed by atoms with Crippen LogP contribution in [0.2, 0.25) is 0 Å². The molecule has 0 aliphatic rings. The lowest BCUT2D eigenvalue weighted by Gasteiger charge is -2.04. The molecule has 1 aromatic carbocycles. The van der Waals surface area contributed by atoms with Gasteiger partial charge in [-0.15, -0.1) is 0 Å². The second-order valence-corrected chi connectivity index (χ2v) is 5.55. The van der Waals surface area contributed by atoms with Gasteiger partial charge in [-0.1, -0.05) is 23.4 Å². The number of benzene rings is 1. The van der Waals surface area contributed by atoms with Crippen LogP contribution >= 0.6 is 0 Å².